The Morgan fingerprint density at radius 1 is 0.889 bits per heavy atom. The van der Waals surface area contributed by atoms with Gasteiger partial charge in [-0.05, 0) is 24.3 Å². The van der Waals surface area contributed by atoms with Gasteiger partial charge in [-0.25, -0.2) is 0 Å². The molecule has 0 amide bonds. The second kappa shape index (κ2) is 15.4. The minimum absolute atomic E-state index is 0.225. The molecule has 0 saturated heterocycles. The molecule has 1 atom stereocenters. The summed E-state index contributed by atoms with van der Waals surface area (Å²) >= 11 is 3.80. The van der Waals surface area contributed by atoms with E-state index in [1.54, 1.807) is 0 Å². The summed E-state index contributed by atoms with van der Waals surface area (Å²) in [7, 11) is 0. The van der Waals surface area contributed by atoms with Crippen molar-refractivity contribution in [2.24, 2.45) is 0 Å². The zero-order chi connectivity index (χ0) is 13.5. The van der Waals surface area contributed by atoms with E-state index in [4.69, 9.17) is 0 Å². The first-order valence-electron chi connectivity index (χ1n) is 7.49. The van der Waals surface area contributed by atoms with Crippen LogP contribution in [0.3, 0.4) is 0 Å². The van der Waals surface area contributed by atoms with Gasteiger partial charge in [-0.3, -0.25) is 0 Å². The van der Waals surface area contributed by atoms with Crippen LogP contribution in [0.15, 0.2) is 0 Å². The molecule has 0 spiro atoms. The van der Waals surface area contributed by atoms with Crippen LogP contribution in [-0.2, 0) is 4.79 Å². The van der Waals surface area contributed by atoms with Gasteiger partial charge in [0.05, 0.1) is 5.25 Å². The summed E-state index contributed by atoms with van der Waals surface area (Å²) in [4.78, 5) is 11.0. The quantitative estimate of drug-likeness (QED) is 0.324. The Morgan fingerprint density at radius 3 is 2.06 bits per heavy atom. The first-order chi connectivity index (χ1) is 8.85. The first-order valence-corrected chi connectivity index (χ1v) is 9.70. The van der Waals surface area contributed by atoms with E-state index in [1.165, 1.54) is 57.1 Å². The number of carbonyl (C=O) groups is 1. The monoisotopic (exact) mass is 290 g/mol. The number of aldehydes is 1. The van der Waals surface area contributed by atoms with Gasteiger partial charge in [-0.1, -0.05) is 52.4 Å². The van der Waals surface area contributed by atoms with E-state index in [9.17, 15) is 4.79 Å². The zero-order valence-corrected chi connectivity index (χ0v) is 13.8. The van der Waals surface area contributed by atoms with Crippen LogP contribution in [0.1, 0.15) is 65.2 Å². The van der Waals surface area contributed by atoms with Crippen LogP contribution in [0.4, 0.5) is 0 Å². The molecule has 0 aromatic heterocycles. The van der Waals surface area contributed by atoms with E-state index >= 15 is 0 Å². The van der Waals surface area contributed by atoms with E-state index in [-0.39, 0.29) is 5.25 Å². The molecular weight excluding hydrogens is 260 g/mol. The van der Waals surface area contributed by atoms with Gasteiger partial charge in [0, 0.05) is 5.75 Å². The molecular formula is C15H30OS2. The Hall–Kier alpha value is 0.370. The fourth-order valence-corrected chi connectivity index (χ4v) is 4.03. The average molecular weight is 291 g/mol. The minimum atomic E-state index is 0.225. The van der Waals surface area contributed by atoms with Crippen LogP contribution in [-0.4, -0.2) is 28.8 Å². The summed E-state index contributed by atoms with van der Waals surface area (Å²) in [5.74, 6) is 3.38. The van der Waals surface area contributed by atoms with E-state index < -0.39 is 0 Å². The molecule has 0 N–H and O–H groups in total. The smallest absolute Gasteiger partial charge is 0.133 e. The lowest BCUT2D eigenvalue weighted by molar-refractivity contribution is -0.107. The molecule has 0 aromatic carbocycles. The van der Waals surface area contributed by atoms with Gasteiger partial charge in [0.1, 0.15) is 6.29 Å². The highest BCUT2D eigenvalue weighted by atomic mass is 32.2. The fraction of sp³-hybridized carbons (Fsp3) is 0.933. The molecule has 3 heteroatoms. The van der Waals surface area contributed by atoms with Crippen molar-refractivity contribution in [3.05, 3.63) is 0 Å². The van der Waals surface area contributed by atoms with Gasteiger partial charge >= 0.3 is 0 Å². The molecule has 0 aliphatic heterocycles. The molecule has 0 fully saturated rings. The fourth-order valence-electron chi connectivity index (χ4n) is 1.72. The van der Waals surface area contributed by atoms with E-state index in [0.29, 0.717) is 0 Å². The van der Waals surface area contributed by atoms with Crippen LogP contribution in [0.5, 0.6) is 0 Å². The molecule has 0 rings (SSSR count). The van der Waals surface area contributed by atoms with E-state index in [1.807, 2.05) is 23.5 Å². The third kappa shape index (κ3) is 12.8. The number of hydrogen-bond acceptors (Lipinski definition) is 3. The predicted molar refractivity (Wildman–Crippen MR) is 87.9 cm³/mol. The third-order valence-corrected chi connectivity index (χ3v) is 5.52. The van der Waals surface area contributed by atoms with Crippen molar-refractivity contribution in [1.29, 1.82) is 0 Å². The van der Waals surface area contributed by atoms with Crippen molar-refractivity contribution >= 4 is 29.8 Å². The lowest BCUT2D eigenvalue weighted by Gasteiger charge is -2.09. The lowest BCUT2D eigenvalue weighted by Crippen LogP contribution is -2.09. The van der Waals surface area contributed by atoms with Gasteiger partial charge in [0.25, 0.3) is 0 Å². The second-order valence-electron chi connectivity index (χ2n) is 4.74. The molecule has 0 bridgehead atoms. The van der Waals surface area contributed by atoms with Gasteiger partial charge in [-0.15, -0.1) is 0 Å². The molecule has 18 heavy (non-hydrogen) atoms. The molecule has 108 valence electrons. The highest BCUT2D eigenvalue weighted by Gasteiger charge is 2.07. The van der Waals surface area contributed by atoms with Crippen LogP contribution < -0.4 is 0 Å². The summed E-state index contributed by atoms with van der Waals surface area (Å²) in [6, 6.07) is 0. The number of rotatable bonds is 14. The summed E-state index contributed by atoms with van der Waals surface area (Å²) in [5, 5.41) is 0.225. The summed E-state index contributed by atoms with van der Waals surface area (Å²) in [5.41, 5.74) is 0. The Kier molecular flexibility index (Phi) is 15.7. The lowest BCUT2D eigenvalue weighted by atomic mass is 10.2. The van der Waals surface area contributed by atoms with Gasteiger partial charge in [-0.2, -0.15) is 23.5 Å². The van der Waals surface area contributed by atoms with E-state index in [2.05, 4.69) is 13.8 Å². The van der Waals surface area contributed by atoms with E-state index in [0.717, 1.165) is 17.8 Å². The van der Waals surface area contributed by atoms with Gasteiger partial charge in [0.15, 0.2) is 0 Å². The van der Waals surface area contributed by atoms with Crippen molar-refractivity contribution in [2.45, 2.75) is 70.5 Å². The summed E-state index contributed by atoms with van der Waals surface area (Å²) in [6.45, 7) is 4.47. The zero-order valence-electron chi connectivity index (χ0n) is 12.2. The average Bonchev–Trinajstić information content (AvgIpc) is 2.40. The van der Waals surface area contributed by atoms with Gasteiger partial charge in [0.2, 0.25) is 0 Å². The van der Waals surface area contributed by atoms with Crippen molar-refractivity contribution < 1.29 is 4.79 Å². The maximum Gasteiger partial charge on any atom is 0.133 e. The maximum atomic E-state index is 11.0. The topological polar surface area (TPSA) is 17.1 Å². The molecule has 1 nitrogen and oxygen atoms in total. The SMILES string of the molecule is CCCCCCSCC(C=O)SCCCCCC. The van der Waals surface area contributed by atoms with Crippen LogP contribution in [0, 0.1) is 0 Å². The number of unbranched alkanes of at least 4 members (excludes halogenated alkanes) is 6. The number of thioether (sulfide) groups is 2. The Morgan fingerprint density at radius 2 is 1.50 bits per heavy atom. The van der Waals surface area contributed by atoms with Crippen LogP contribution in [0.2, 0.25) is 0 Å². The highest BCUT2D eigenvalue weighted by Crippen LogP contribution is 2.18. The molecule has 0 radical (unpaired) electrons. The van der Waals surface area contributed by atoms with Crippen LogP contribution >= 0.6 is 23.5 Å². The molecule has 0 aliphatic carbocycles. The molecule has 0 saturated carbocycles. The largest absolute Gasteiger partial charge is 0.302 e. The van der Waals surface area contributed by atoms with Crippen molar-refractivity contribution in [3.63, 3.8) is 0 Å². The Labute approximate surface area is 122 Å². The molecule has 0 heterocycles. The Bertz CT molecular complexity index is 174. The summed E-state index contributed by atoms with van der Waals surface area (Å²) in [6.07, 6.45) is 11.7. The summed E-state index contributed by atoms with van der Waals surface area (Å²) < 4.78 is 0. The Balaban J connectivity index is 3.32. The highest BCUT2D eigenvalue weighted by molar-refractivity contribution is 8.03. The second-order valence-corrected chi connectivity index (χ2v) is 7.24. The first kappa shape index (κ1) is 18.4. The normalized spacial score (nSPS) is 12.6. The van der Waals surface area contributed by atoms with Crippen molar-refractivity contribution in [3.8, 4) is 0 Å². The standard InChI is InChI=1S/C15H30OS2/c1-3-5-7-9-11-17-14-15(13-16)18-12-10-8-6-4-2/h13,15H,3-12,14H2,1-2H3. The minimum Gasteiger partial charge on any atom is -0.302 e. The van der Waals surface area contributed by atoms with Crippen molar-refractivity contribution in [2.75, 3.05) is 17.3 Å². The molecule has 1 unspecified atom stereocenters. The molecule has 0 aliphatic rings. The van der Waals surface area contributed by atoms with Crippen molar-refractivity contribution in [1.82, 2.24) is 0 Å². The maximum absolute atomic E-state index is 11.0. The third-order valence-electron chi connectivity index (χ3n) is 2.91. The van der Waals surface area contributed by atoms with Gasteiger partial charge < -0.3 is 4.79 Å². The molecule has 0 aromatic rings. The predicted octanol–water partition coefficient (Wildman–Crippen LogP) is 5.18. The number of carbonyl (C=O) groups excluding carboxylic acids is 1. The van der Waals surface area contributed by atoms with Crippen LogP contribution in [0.25, 0.3) is 0 Å². The number of hydrogen-bond donors (Lipinski definition) is 0.